The fraction of sp³-hybridized carbons (Fsp3) is 0.423. The van der Waals surface area contributed by atoms with Crippen LogP contribution in [0.3, 0.4) is 0 Å². The number of anilines is 1. The van der Waals surface area contributed by atoms with Gasteiger partial charge in [-0.2, -0.15) is 0 Å². The summed E-state index contributed by atoms with van der Waals surface area (Å²) in [7, 11) is 24.7. The number of nitrogens with one attached hydrogen (secondary N) is 1. The Hall–Kier alpha value is -2.98. The molecular formula is C26H23B4F3N2O5. The maximum Gasteiger partial charge on any atom is 0.586 e. The first kappa shape index (κ1) is 28.5. The summed E-state index contributed by atoms with van der Waals surface area (Å²) in [5, 5.41) is 18.2. The highest BCUT2D eigenvalue weighted by molar-refractivity contribution is 6.65. The molecule has 1 amide bonds. The van der Waals surface area contributed by atoms with Crippen molar-refractivity contribution in [2.45, 2.75) is 54.4 Å². The third-order valence-corrected chi connectivity index (χ3v) is 7.90. The minimum atomic E-state index is -3.92. The highest BCUT2D eigenvalue weighted by Crippen LogP contribution is 2.83. The van der Waals surface area contributed by atoms with Crippen molar-refractivity contribution >= 4 is 53.9 Å². The van der Waals surface area contributed by atoms with Crippen LogP contribution in [0.5, 0.6) is 11.5 Å². The predicted molar refractivity (Wildman–Crippen MR) is 145 cm³/mol. The third kappa shape index (κ3) is 3.89. The summed E-state index contributed by atoms with van der Waals surface area (Å²) < 4.78 is 53.4. The number of aryl methyl sites for hydroxylation is 1. The van der Waals surface area contributed by atoms with Gasteiger partial charge in [-0.3, -0.25) is 4.79 Å². The number of nitrogens with zero attached hydrogens (tertiary/aromatic N) is 1. The normalized spacial score (nSPS) is 19.5. The zero-order valence-corrected chi connectivity index (χ0v) is 21.8. The second-order valence-corrected chi connectivity index (χ2v) is 11.0. The molecular weight excluding hydrogens is 521 g/mol. The van der Waals surface area contributed by atoms with Crippen molar-refractivity contribution in [2.75, 3.05) is 18.5 Å². The fourth-order valence-electron chi connectivity index (χ4n) is 5.54. The molecule has 0 saturated heterocycles. The van der Waals surface area contributed by atoms with E-state index in [1.54, 1.807) is 10.6 Å². The Kier molecular flexibility index (Phi) is 6.43. The quantitative estimate of drug-likeness (QED) is 0.380. The van der Waals surface area contributed by atoms with E-state index in [2.05, 4.69) is 14.8 Å². The predicted octanol–water partition coefficient (Wildman–Crippen LogP) is 2.55. The number of benzene rings is 2. The fourth-order valence-corrected chi connectivity index (χ4v) is 5.54. The minimum absolute atomic E-state index is 0.0383. The topological polar surface area (TPSA) is 93.0 Å². The lowest BCUT2D eigenvalue weighted by molar-refractivity contribution is -0.286. The van der Waals surface area contributed by atoms with Crippen molar-refractivity contribution in [3.05, 3.63) is 53.5 Å². The molecule has 0 spiro atoms. The number of rotatable bonds is 8. The molecule has 2 heterocycles. The van der Waals surface area contributed by atoms with Gasteiger partial charge in [0.2, 0.25) is 5.91 Å². The molecule has 1 fully saturated rings. The number of amides is 1. The van der Waals surface area contributed by atoms with Gasteiger partial charge in [0.15, 0.2) is 11.5 Å². The third-order valence-electron chi connectivity index (χ3n) is 7.90. The molecule has 2 aromatic carbocycles. The van der Waals surface area contributed by atoms with E-state index in [9.17, 15) is 23.8 Å². The van der Waals surface area contributed by atoms with Gasteiger partial charge >= 0.3 is 6.29 Å². The van der Waals surface area contributed by atoms with Gasteiger partial charge in [0.05, 0.1) is 54.6 Å². The van der Waals surface area contributed by atoms with Crippen LogP contribution >= 0.6 is 0 Å². The maximum atomic E-state index is 15.5. The van der Waals surface area contributed by atoms with Crippen LogP contribution < -0.4 is 14.8 Å². The number of halogens is 3. The van der Waals surface area contributed by atoms with E-state index in [0.29, 0.717) is 29.6 Å². The Bertz CT molecular complexity index is 1510. The number of hydrogen-bond donors (Lipinski definition) is 3. The molecule has 40 heavy (non-hydrogen) atoms. The molecule has 1 saturated carbocycles. The lowest BCUT2D eigenvalue weighted by Gasteiger charge is -2.24. The number of alkyl halides is 2. The molecule has 3 aromatic rings. The number of carbonyl (C=O) groups is 1. The minimum Gasteiger partial charge on any atom is -0.396 e. The molecule has 0 bridgehead atoms. The Balaban J connectivity index is 1.56. The zero-order chi connectivity index (χ0) is 29.5. The Morgan fingerprint density at radius 1 is 1.02 bits per heavy atom. The van der Waals surface area contributed by atoms with Crippen molar-refractivity contribution in [3.8, 4) is 11.5 Å². The van der Waals surface area contributed by atoms with Crippen LogP contribution in [0.4, 0.5) is 18.9 Å². The van der Waals surface area contributed by atoms with Crippen LogP contribution in [0.2, 0.25) is 10.4 Å². The van der Waals surface area contributed by atoms with Gasteiger partial charge in [0.25, 0.3) is 0 Å². The van der Waals surface area contributed by atoms with E-state index in [1.165, 1.54) is 18.2 Å². The Morgan fingerprint density at radius 3 is 2.27 bits per heavy atom. The highest BCUT2D eigenvalue weighted by atomic mass is 19.3. The molecule has 1 aliphatic carbocycles. The lowest BCUT2D eigenvalue weighted by Crippen LogP contribution is -2.34. The molecule has 5 rings (SSSR count). The van der Waals surface area contributed by atoms with Crippen LogP contribution in [0.25, 0.3) is 10.9 Å². The number of ether oxygens (including phenoxy) is 2. The van der Waals surface area contributed by atoms with Crippen molar-refractivity contribution in [1.82, 2.24) is 4.57 Å². The van der Waals surface area contributed by atoms with Crippen LogP contribution in [-0.2, 0) is 22.2 Å². The van der Waals surface area contributed by atoms with Crippen molar-refractivity contribution < 1.29 is 37.7 Å². The first-order valence-corrected chi connectivity index (χ1v) is 12.5. The van der Waals surface area contributed by atoms with Crippen LogP contribution in [-0.4, -0.2) is 71.6 Å². The summed E-state index contributed by atoms with van der Waals surface area (Å²) in [6, 6.07) is 7.85. The van der Waals surface area contributed by atoms with E-state index in [1.807, 2.05) is 13.8 Å². The first-order valence-electron chi connectivity index (χ1n) is 12.5. The van der Waals surface area contributed by atoms with Crippen LogP contribution in [0.1, 0.15) is 31.5 Å². The summed E-state index contributed by atoms with van der Waals surface area (Å²) in [6.45, 7) is 3.72. The molecule has 8 radical (unpaired) electrons. The average molecular weight is 544 g/mol. The van der Waals surface area contributed by atoms with E-state index >= 15 is 4.39 Å². The highest BCUT2D eigenvalue weighted by Gasteiger charge is 2.78. The number of hydrogen-bond acceptors (Lipinski definition) is 5. The molecule has 200 valence electrons. The molecule has 14 heteroatoms. The summed E-state index contributed by atoms with van der Waals surface area (Å²) in [4.78, 5) is 13.8. The van der Waals surface area contributed by atoms with Gasteiger partial charge in [-0.15, -0.1) is 8.78 Å². The van der Waals surface area contributed by atoms with Crippen molar-refractivity contribution in [3.63, 3.8) is 0 Å². The number of aromatic nitrogens is 1. The van der Waals surface area contributed by atoms with E-state index in [0.717, 1.165) is 12.1 Å². The smallest absolute Gasteiger partial charge is 0.396 e. The maximum absolute atomic E-state index is 15.5. The van der Waals surface area contributed by atoms with Gasteiger partial charge in [-0.05, 0) is 36.2 Å². The Morgan fingerprint density at radius 2 is 1.68 bits per heavy atom. The lowest BCUT2D eigenvalue weighted by atomic mass is 9.49. The summed E-state index contributed by atoms with van der Waals surface area (Å²) in [5.74, 6) is -2.45. The molecule has 0 unspecified atom stereocenters. The van der Waals surface area contributed by atoms with Crippen molar-refractivity contribution in [2.24, 2.45) is 0 Å². The molecule has 7 nitrogen and oxygen atoms in total. The molecule has 1 aromatic heterocycles. The number of aliphatic hydroxyl groups excluding tert-OH is 2. The number of fused-ring (bicyclic) bond motifs is 2. The second kappa shape index (κ2) is 9.01. The standard InChI is InChI=1S/C26H23B4F3N2O5/c1-22(2,12-37)20-9-13-8-16(15(31)11-17(13)35(20)6-3-7-36)34-21(38)23(24(27,28)25(23,29)30)14-4-5-18-19(10-14)40-26(32,33)39-18/h4-5,8-11,36-37H,3,6-7,12H2,1-2H3,(H,34,38). The molecule has 3 N–H and O–H groups in total. The van der Waals surface area contributed by atoms with Crippen LogP contribution in [0, 0.1) is 5.82 Å². The average Bonchev–Trinajstić information content (AvgIpc) is 3.17. The molecule has 2 aliphatic rings. The zero-order valence-electron chi connectivity index (χ0n) is 21.8. The first-order chi connectivity index (χ1) is 18.5. The van der Waals surface area contributed by atoms with Crippen LogP contribution in [0.15, 0.2) is 36.4 Å². The van der Waals surface area contributed by atoms with Gasteiger partial charge in [-0.25, -0.2) is 4.39 Å². The molecule has 0 atom stereocenters. The van der Waals surface area contributed by atoms with Gasteiger partial charge in [0, 0.05) is 35.7 Å². The Labute approximate surface area is 234 Å². The monoisotopic (exact) mass is 544 g/mol. The van der Waals surface area contributed by atoms with Crippen molar-refractivity contribution in [1.29, 1.82) is 0 Å². The van der Waals surface area contributed by atoms with E-state index < -0.39 is 39.3 Å². The summed E-state index contributed by atoms with van der Waals surface area (Å²) >= 11 is 0. The van der Waals surface area contributed by atoms with Gasteiger partial charge in [-0.1, -0.05) is 30.3 Å². The summed E-state index contributed by atoms with van der Waals surface area (Å²) in [6.07, 6.45) is -3.52. The number of aliphatic hydroxyl groups is 2. The van der Waals surface area contributed by atoms with Gasteiger partial charge < -0.3 is 29.6 Å². The largest absolute Gasteiger partial charge is 0.586 e. The SMILES string of the molecule is [B]C1([B])C([B])([B])C1(C(=O)Nc1cc2cc(C(C)(C)CO)n(CCCO)c2cc1F)c1ccc2c(c1)OC(F)(F)O2. The summed E-state index contributed by atoms with van der Waals surface area (Å²) in [5.41, 5.74) is -1.87. The van der Waals surface area contributed by atoms with E-state index in [4.69, 9.17) is 31.4 Å². The number of carbonyl (C=O) groups excluding carboxylic acids is 1. The molecule has 1 aliphatic heterocycles. The van der Waals surface area contributed by atoms with E-state index in [-0.39, 0.29) is 36.0 Å². The van der Waals surface area contributed by atoms with Gasteiger partial charge in [0.1, 0.15) is 5.82 Å². The second-order valence-electron chi connectivity index (χ2n) is 11.0.